The van der Waals surface area contributed by atoms with Gasteiger partial charge >= 0.3 is 0 Å². The Balaban J connectivity index is 2.40. The number of nitrogens with one attached hydrogen (secondary N) is 1. The summed E-state index contributed by atoms with van der Waals surface area (Å²) in [6.45, 7) is 3.19. The van der Waals surface area contributed by atoms with Crippen molar-refractivity contribution >= 4 is 6.34 Å². The lowest BCUT2D eigenvalue weighted by molar-refractivity contribution is 0.641. The lowest BCUT2D eigenvalue weighted by Crippen LogP contribution is -2.02. The molecule has 1 aliphatic rings. The first-order valence-electron chi connectivity index (χ1n) is 5.35. The molecule has 1 N–H and O–H groups in total. The van der Waals surface area contributed by atoms with Crippen molar-refractivity contribution in [1.29, 1.82) is 0 Å². The summed E-state index contributed by atoms with van der Waals surface area (Å²) in [6, 6.07) is 0. The standard InChI is InChI=1S/C11H20N2/c1-2-11-7-5-3-4-6-8-12-10-13-9-11/h9-10H,2-8H2,1H3,(H,12,13). The molecule has 1 heterocycles. The fourth-order valence-electron chi connectivity index (χ4n) is 1.53. The average molecular weight is 180 g/mol. The summed E-state index contributed by atoms with van der Waals surface area (Å²) in [4.78, 5) is 4.26. The first-order valence-corrected chi connectivity index (χ1v) is 5.35. The SMILES string of the molecule is CCC1=CNC=NCCCCCC1. The quantitative estimate of drug-likeness (QED) is 0.659. The second kappa shape index (κ2) is 6.70. The van der Waals surface area contributed by atoms with E-state index < -0.39 is 0 Å². The Morgan fingerprint density at radius 1 is 1.31 bits per heavy atom. The van der Waals surface area contributed by atoms with E-state index >= 15 is 0 Å². The molecule has 0 fully saturated rings. The molecule has 74 valence electrons. The molecular formula is C11H20N2. The number of nitrogens with zero attached hydrogens (tertiary/aromatic N) is 1. The van der Waals surface area contributed by atoms with Gasteiger partial charge in [0.05, 0.1) is 6.34 Å². The maximum Gasteiger partial charge on any atom is 0.0863 e. The molecule has 1 rings (SSSR count). The van der Waals surface area contributed by atoms with Crippen LogP contribution in [0.1, 0.15) is 45.4 Å². The van der Waals surface area contributed by atoms with E-state index in [2.05, 4.69) is 23.4 Å². The maximum absolute atomic E-state index is 4.26. The Morgan fingerprint density at radius 2 is 2.15 bits per heavy atom. The predicted octanol–water partition coefficient (Wildman–Crippen LogP) is 2.86. The third kappa shape index (κ3) is 4.71. The first kappa shape index (κ1) is 10.3. The zero-order chi connectivity index (χ0) is 9.36. The fourth-order valence-corrected chi connectivity index (χ4v) is 1.53. The van der Waals surface area contributed by atoms with Gasteiger partial charge in [0, 0.05) is 12.7 Å². The minimum absolute atomic E-state index is 0.975. The third-order valence-electron chi connectivity index (χ3n) is 2.44. The van der Waals surface area contributed by atoms with Crippen molar-refractivity contribution < 1.29 is 0 Å². The van der Waals surface area contributed by atoms with Gasteiger partial charge in [-0.25, -0.2) is 0 Å². The third-order valence-corrected chi connectivity index (χ3v) is 2.44. The molecule has 0 aromatic heterocycles. The summed E-state index contributed by atoms with van der Waals surface area (Å²) < 4.78 is 0. The summed E-state index contributed by atoms with van der Waals surface area (Å²) >= 11 is 0. The monoisotopic (exact) mass is 180 g/mol. The van der Waals surface area contributed by atoms with Crippen molar-refractivity contribution in [3.63, 3.8) is 0 Å². The van der Waals surface area contributed by atoms with Crippen molar-refractivity contribution in [2.75, 3.05) is 6.54 Å². The average Bonchev–Trinajstić information content (AvgIpc) is 2.22. The highest BCUT2D eigenvalue weighted by Gasteiger charge is 1.96. The number of hydrogen-bond donors (Lipinski definition) is 1. The van der Waals surface area contributed by atoms with Gasteiger partial charge in [-0.2, -0.15) is 0 Å². The van der Waals surface area contributed by atoms with Crippen LogP contribution in [0.15, 0.2) is 16.8 Å². The summed E-state index contributed by atoms with van der Waals surface area (Å²) in [7, 11) is 0. The van der Waals surface area contributed by atoms with Gasteiger partial charge in [-0.15, -0.1) is 0 Å². The van der Waals surface area contributed by atoms with Crippen LogP contribution in [0.4, 0.5) is 0 Å². The van der Waals surface area contributed by atoms with Crippen molar-refractivity contribution in [3.05, 3.63) is 11.8 Å². The highest BCUT2D eigenvalue weighted by atomic mass is 14.9. The number of aliphatic imine (C=N–C) groups is 1. The number of hydrogen-bond acceptors (Lipinski definition) is 2. The lowest BCUT2D eigenvalue weighted by Gasteiger charge is -2.03. The first-order chi connectivity index (χ1) is 6.43. The minimum Gasteiger partial charge on any atom is -0.353 e. The minimum atomic E-state index is 0.975. The Morgan fingerprint density at radius 3 is 3.00 bits per heavy atom. The molecule has 0 bridgehead atoms. The van der Waals surface area contributed by atoms with Gasteiger partial charge < -0.3 is 5.32 Å². The van der Waals surface area contributed by atoms with Crippen molar-refractivity contribution in [2.45, 2.75) is 45.4 Å². The summed E-state index contributed by atoms with van der Waals surface area (Å²) in [5, 5.41) is 3.13. The van der Waals surface area contributed by atoms with Crippen LogP contribution in [-0.4, -0.2) is 12.9 Å². The van der Waals surface area contributed by atoms with E-state index in [1.807, 2.05) is 6.34 Å². The van der Waals surface area contributed by atoms with Gasteiger partial charge in [-0.05, 0) is 25.7 Å². The predicted molar refractivity (Wildman–Crippen MR) is 58.0 cm³/mol. The summed E-state index contributed by atoms with van der Waals surface area (Å²) in [5.41, 5.74) is 1.51. The second-order valence-corrected chi connectivity index (χ2v) is 3.52. The molecule has 0 aromatic carbocycles. The van der Waals surface area contributed by atoms with Crippen molar-refractivity contribution in [3.8, 4) is 0 Å². The molecule has 13 heavy (non-hydrogen) atoms. The molecule has 0 radical (unpaired) electrons. The van der Waals surface area contributed by atoms with Gasteiger partial charge in [0.25, 0.3) is 0 Å². The molecule has 0 saturated carbocycles. The van der Waals surface area contributed by atoms with Crippen LogP contribution in [0.2, 0.25) is 0 Å². The maximum atomic E-state index is 4.26. The van der Waals surface area contributed by atoms with Gasteiger partial charge in [0.2, 0.25) is 0 Å². The molecule has 2 nitrogen and oxygen atoms in total. The van der Waals surface area contributed by atoms with Gasteiger partial charge in [-0.1, -0.05) is 25.3 Å². The Bertz CT molecular complexity index is 183. The molecule has 0 amide bonds. The molecule has 0 aromatic rings. The van der Waals surface area contributed by atoms with Crippen LogP contribution in [0, 0.1) is 0 Å². The largest absolute Gasteiger partial charge is 0.353 e. The van der Waals surface area contributed by atoms with Crippen molar-refractivity contribution in [1.82, 2.24) is 5.32 Å². The van der Waals surface area contributed by atoms with Crippen LogP contribution >= 0.6 is 0 Å². The highest BCUT2D eigenvalue weighted by Crippen LogP contribution is 2.12. The Kier molecular flexibility index (Phi) is 5.30. The van der Waals surface area contributed by atoms with E-state index in [0.717, 1.165) is 13.0 Å². The molecule has 0 atom stereocenters. The van der Waals surface area contributed by atoms with Crippen LogP contribution in [0.5, 0.6) is 0 Å². The zero-order valence-electron chi connectivity index (χ0n) is 8.55. The van der Waals surface area contributed by atoms with E-state index in [0.29, 0.717) is 0 Å². The smallest absolute Gasteiger partial charge is 0.0863 e. The number of rotatable bonds is 1. The zero-order valence-corrected chi connectivity index (χ0v) is 8.55. The van der Waals surface area contributed by atoms with E-state index in [4.69, 9.17) is 0 Å². The fraction of sp³-hybridized carbons (Fsp3) is 0.727. The normalized spacial score (nSPS) is 19.9. The van der Waals surface area contributed by atoms with Crippen LogP contribution in [0.3, 0.4) is 0 Å². The van der Waals surface area contributed by atoms with E-state index in [-0.39, 0.29) is 0 Å². The Hall–Kier alpha value is -0.790. The summed E-state index contributed by atoms with van der Waals surface area (Å²) in [6.07, 6.45) is 11.6. The topological polar surface area (TPSA) is 24.4 Å². The van der Waals surface area contributed by atoms with Crippen LogP contribution < -0.4 is 5.32 Å². The Labute approximate surface area is 81.1 Å². The molecule has 0 spiro atoms. The lowest BCUT2D eigenvalue weighted by atomic mass is 10.1. The van der Waals surface area contributed by atoms with E-state index in [1.165, 1.54) is 37.7 Å². The molecule has 2 heteroatoms. The molecule has 1 aliphatic heterocycles. The molecular weight excluding hydrogens is 160 g/mol. The highest BCUT2D eigenvalue weighted by molar-refractivity contribution is 5.55. The molecule has 0 saturated heterocycles. The van der Waals surface area contributed by atoms with Crippen LogP contribution in [0.25, 0.3) is 0 Å². The van der Waals surface area contributed by atoms with E-state index in [9.17, 15) is 0 Å². The van der Waals surface area contributed by atoms with E-state index in [1.54, 1.807) is 0 Å². The van der Waals surface area contributed by atoms with Crippen LogP contribution in [-0.2, 0) is 0 Å². The summed E-state index contributed by atoms with van der Waals surface area (Å²) in [5.74, 6) is 0. The van der Waals surface area contributed by atoms with Gasteiger partial charge in [0.15, 0.2) is 0 Å². The molecule has 0 unspecified atom stereocenters. The van der Waals surface area contributed by atoms with Crippen molar-refractivity contribution in [2.24, 2.45) is 4.99 Å². The number of allylic oxidation sites excluding steroid dienone is 1. The van der Waals surface area contributed by atoms with Gasteiger partial charge in [0.1, 0.15) is 0 Å². The van der Waals surface area contributed by atoms with Gasteiger partial charge in [-0.3, -0.25) is 4.99 Å². The second-order valence-electron chi connectivity index (χ2n) is 3.52. The molecule has 0 aliphatic carbocycles.